The smallest absolute Gasteiger partial charge is 0.408 e. The Bertz CT molecular complexity index is 1960. The monoisotopic (exact) mass is 778 g/mol. The number of esters is 1. The number of carbonyl (C=O) groups is 3. The molecule has 0 spiro atoms. The zero-order valence-corrected chi connectivity index (χ0v) is 34.5. The summed E-state index contributed by atoms with van der Waals surface area (Å²) < 4.78 is 47.7. The molecule has 0 unspecified atom stereocenters. The maximum absolute atomic E-state index is 14.5. The van der Waals surface area contributed by atoms with E-state index in [1.165, 1.54) is 4.31 Å². The number of hydrogen-bond donors (Lipinski definition) is 2. The van der Waals surface area contributed by atoms with E-state index in [9.17, 15) is 22.8 Å². The highest BCUT2D eigenvalue weighted by Crippen LogP contribution is 2.44. The van der Waals surface area contributed by atoms with Gasteiger partial charge in [-0.2, -0.15) is 0 Å². The van der Waals surface area contributed by atoms with E-state index in [2.05, 4.69) is 24.5 Å². The van der Waals surface area contributed by atoms with Gasteiger partial charge in [0.05, 0.1) is 4.90 Å². The van der Waals surface area contributed by atoms with Crippen molar-refractivity contribution in [2.24, 2.45) is 0 Å². The first-order valence-electron chi connectivity index (χ1n) is 19.5. The number of ether oxygens (including phenoxy) is 3. The van der Waals surface area contributed by atoms with Gasteiger partial charge in [-0.3, -0.25) is 4.79 Å². The summed E-state index contributed by atoms with van der Waals surface area (Å²) in [5.74, 6) is 0.321. The highest BCUT2D eigenvalue weighted by molar-refractivity contribution is 7.93. The molecule has 1 aliphatic carbocycles. The second kappa shape index (κ2) is 17.2. The van der Waals surface area contributed by atoms with Gasteiger partial charge in [-0.25, -0.2) is 27.3 Å². The summed E-state index contributed by atoms with van der Waals surface area (Å²) >= 11 is 0. The molecule has 55 heavy (non-hydrogen) atoms. The number of pyridine rings is 1. The Hall–Kier alpha value is -4.39. The summed E-state index contributed by atoms with van der Waals surface area (Å²) in [5, 5.41) is 5.29. The third-order valence-electron chi connectivity index (χ3n) is 10.3. The number of carbonyl (C=O) groups excluding carboxylic acids is 3. The van der Waals surface area contributed by atoms with Crippen LogP contribution in [0, 0.1) is 20.8 Å². The lowest BCUT2D eigenvalue weighted by molar-refractivity contribution is -0.157. The van der Waals surface area contributed by atoms with Gasteiger partial charge in [0.1, 0.15) is 35.4 Å². The fourth-order valence-electron chi connectivity index (χ4n) is 7.24. The molecular formula is C42H58N4O8S. The van der Waals surface area contributed by atoms with Crippen molar-refractivity contribution in [3.63, 3.8) is 0 Å². The van der Waals surface area contributed by atoms with E-state index in [0.29, 0.717) is 48.5 Å². The SMILES string of the molecule is Cc1c(C)c(S(=O)(=O)N2CCCc3ccc(CCCCC(=O)NC[C@H](NC(=O)OCC4=CC=CCC4)C(=O)OC(C)(C)C)nc32)c(C)c2c1OC(C)(C)CC2. The predicted molar refractivity (Wildman–Crippen MR) is 212 cm³/mol. The quantitative estimate of drug-likeness (QED) is 0.165. The number of allylic oxidation sites excluding steroid dienone is 3. The van der Waals surface area contributed by atoms with Gasteiger partial charge in [-0.1, -0.05) is 24.3 Å². The summed E-state index contributed by atoms with van der Waals surface area (Å²) in [6.07, 6.45) is 11.7. The third kappa shape index (κ3) is 10.5. The largest absolute Gasteiger partial charge is 0.487 e. The molecule has 0 bridgehead atoms. The molecule has 2 N–H and O–H groups in total. The van der Waals surface area contributed by atoms with E-state index in [0.717, 1.165) is 71.4 Å². The second-order valence-corrected chi connectivity index (χ2v) is 18.2. The van der Waals surface area contributed by atoms with Crippen LogP contribution in [0.1, 0.15) is 113 Å². The predicted octanol–water partition coefficient (Wildman–Crippen LogP) is 6.79. The molecule has 1 aromatic carbocycles. The number of benzene rings is 1. The van der Waals surface area contributed by atoms with Crippen LogP contribution in [0.5, 0.6) is 5.75 Å². The first kappa shape index (κ1) is 41.8. The van der Waals surface area contributed by atoms with Crippen LogP contribution in [0.15, 0.2) is 40.8 Å². The normalized spacial score (nSPS) is 16.9. The molecule has 0 saturated carbocycles. The molecule has 1 aromatic heterocycles. The van der Waals surface area contributed by atoms with E-state index >= 15 is 0 Å². The lowest BCUT2D eigenvalue weighted by Crippen LogP contribution is -2.50. The van der Waals surface area contributed by atoms with Gasteiger partial charge in [-0.15, -0.1) is 0 Å². The number of aromatic nitrogens is 1. The Balaban J connectivity index is 1.19. The van der Waals surface area contributed by atoms with E-state index in [1.54, 1.807) is 20.8 Å². The van der Waals surface area contributed by atoms with Crippen LogP contribution in [0.3, 0.4) is 0 Å². The highest BCUT2D eigenvalue weighted by Gasteiger charge is 2.37. The number of nitrogens with zero attached hydrogens (tertiary/aromatic N) is 2. The van der Waals surface area contributed by atoms with Crippen molar-refractivity contribution in [3.05, 3.63) is 69.4 Å². The first-order chi connectivity index (χ1) is 25.9. The fourth-order valence-corrected chi connectivity index (χ4v) is 9.27. The van der Waals surface area contributed by atoms with Crippen LogP contribution < -0.4 is 19.7 Å². The van der Waals surface area contributed by atoms with Crippen LogP contribution in [-0.2, 0) is 48.3 Å². The van der Waals surface area contributed by atoms with Crippen molar-refractivity contribution in [2.45, 2.75) is 142 Å². The number of fused-ring (bicyclic) bond motifs is 2. The number of anilines is 1. The van der Waals surface area contributed by atoms with Crippen molar-refractivity contribution in [1.29, 1.82) is 0 Å². The summed E-state index contributed by atoms with van der Waals surface area (Å²) in [6, 6.07) is 2.77. The Morgan fingerprint density at radius 3 is 2.51 bits per heavy atom. The minimum absolute atomic E-state index is 0.110. The molecule has 0 saturated heterocycles. The molecule has 1 atom stereocenters. The maximum Gasteiger partial charge on any atom is 0.408 e. The second-order valence-electron chi connectivity index (χ2n) is 16.4. The van der Waals surface area contributed by atoms with Crippen molar-refractivity contribution in [1.82, 2.24) is 15.6 Å². The summed E-state index contributed by atoms with van der Waals surface area (Å²) in [5.41, 5.74) is 4.78. The van der Waals surface area contributed by atoms with Gasteiger partial charge in [0.2, 0.25) is 5.91 Å². The Kier molecular flexibility index (Phi) is 13.0. The Morgan fingerprint density at radius 1 is 1.04 bits per heavy atom. The van der Waals surface area contributed by atoms with E-state index in [4.69, 9.17) is 19.2 Å². The van der Waals surface area contributed by atoms with E-state index in [-0.39, 0.29) is 31.1 Å². The molecule has 0 radical (unpaired) electrons. The number of amides is 2. The first-order valence-corrected chi connectivity index (χ1v) is 20.9. The number of aryl methyl sites for hydroxylation is 2. The molecule has 3 aliphatic rings. The van der Waals surface area contributed by atoms with Gasteiger partial charge >= 0.3 is 12.1 Å². The molecule has 13 heteroatoms. The molecule has 12 nitrogen and oxygen atoms in total. The lowest BCUT2D eigenvalue weighted by atomic mass is 9.88. The van der Waals surface area contributed by atoms with Crippen LogP contribution in [0.2, 0.25) is 0 Å². The average Bonchev–Trinajstić information content (AvgIpc) is 3.12. The highest BCUT2D eigenvalue weighted by atomic mass is 32.2. The Labute approximate surface area is 326 Å². The number of nitrogens with one attached hydrogen (secondary N) is 2. The molecule has 3 heterocycles. The maximum atomic E-state index is 14.5. The number of sulfonamides is 1. The summed E-state index contributed by atoms with van der Waals surface area (Å²) in [6.45, 7) is 15.3. The number of rotatable bonds is 13. The molecular weight excluding hydrogens is 721 g/mol. The van der Waals surface area contributed by atoms with Crippen LogP contribution in [0.25, 0.3) is 0 Å². The van der Waals surface area contributed by atoms with Crippen molar-refractivity contribution < 1.29 is 37.0 Å². The molecule has 0 fully saturated rings. The van der Waals surface area contributed by atoms with Gasteiger partial charge in [0.15, 0.2) is 0 Å². The molecule has 2 aromatic rings. The summed E-state index contributed by atoms with van der Waals surface area (Å²) in [4.78, 5) is 43.5. The number of alkyl carbamates (subject to hydrolysis) is 1. The van der Waals surface area contributed by atoms with Crippen molar-refractivity contribution in [2.75, 3.05) is 24.0 Å². The summed E-state index contributed by atoms with van der Waals surface area (Å²) in [7, 11) is -3.93. The van der Waals surface area contributed by atoms with Gasteiger partial charge < -0.3 is 24.8 Å². The average molecular weight is 779 g/mol. The lowest BCUT2D eigenvalue weighted by Gasteiger charge is -2.36. The molecule has 300 valence electrons. The van der Waals surface area contributed by atoms with Gasteiger partial charge in [0, 0.05) is 25.2 Å². The topological polar surface area (TPSA) is 153 Å². The standard InChI is InChI=1S/C42H58N4O8S/c1-27-28(2)37(29(3)33-22-23-42(7,8)53-36(27)33)55(50,51)46-24-14-17-31-20-21-32(44-38(31)46)18-12-13-19-35(47)43-25-34(39(48)54-41(4,5)6)45-40(49)52-26-30-15-10-9-11-16-30/h9-10,15,20-21,34H,11-14,16-19,22-26H2,1-8H3,(H,43,47)(H,45,49)/t34-/m0/s1. The van der Waals surface area contributed by atoms with Gasteiger partial charge in [-0.05, 0) is 153 Å². The molecule has 5 rings (SSSR count). The zero-order chi connectivity index (χ0) is 40.1. The van der Waals surface area contributed by atoms with Crippen LogP contribution in [0.4, 0.5) is 10.6 Å². The van der Waals surface area contributed by atoms with Gasteiger partial charge in [0.25, 0.3) is 10.0 Å². The van der Waals surface area contributed by atoms with E-state index in [1.807, 2.05) is 51.1 Å². The fraction of sp³-hybridized carbons (Fsp3) is 0.571. The Morgan fingerprint density at radius 2 is 1.80 bits per heavy atom. The van der Waals surface area contributed by atoms with Crippen molar-refractivity contribution in [3.8, 4) is 5.75 Å². The molecule has 2 aliphatic heterocycles. The minimum atomic E-state index is -3.93. The number of hydrogen-bond acceptors (Lipinski definition) is 9. The third-order valence-corrected chi connectivity index (χ3v) is 12.4. The van der Waals surface area contributed by atoms with Crippen molar-refractivity contribution >= 4 is 33.8 Å². The zero-order valence-electron chi connectivity index (χ0n) is 33.7. The van der Waals surface area contributed by atoms with Crippen LogP contribution >= 0.6 is 0 Å². The number of unbranched alkanes of at least 4 members (excludes halogenated alkanes) is 1. The minimum Gasteiger partial charge on any atom is -0.487 e. The van der Waals surface area contributed by atoms with Crippen LogP contribution in [-0.4, -0.2) is 68.3 Å². The van der Waals surface area contributed by atoms with E-state index < -0.39 is 33.7 Å². The molecule has 2 amide bonds.